The first kappa shape index (κ1) is 18.8. The second-order valence-corrected chi connectivity index (χ2v) is 9.55. The maximum atomic E-state index is 13.2. The Morgan fingerprint density at radius 1 is 1.21 bits per heavy atom. The third kappa shape index (κ3) is 3.07. The number of rotatable bonds is 3. The van der Waals surface area contributed by atoms with Gasteiger partial charge in [0.25, 0.3) is 10.0 Å². The number of piperazine rings is 1. The van der Waals surface area contributed by atoms with E-state index in [1.54, 1.807) is 25.5 Å². The minimum Gasteiger partial charge on any atom is -0.462 e. The molecule has 0 N–H and O–H groups in total. The third-order valence-corrected chi connectivity index (χ3v) is 7.86. The van der Waals surface area contributed by atoms with Gasteiger partial charge in [-0.25, -0.2) is 14.3 Å². The van der Waals surface area contributed by atoms with Gasteiger partial charge in [0.1, 0.15) is 16.9 Å². The summed E-state index contributed by atoms with van der Waals surface area (Å²) in [5, 5.41) is 4.09. The largest absolute Gasteiger partial charge is 0.462 e. The summed E-state index contributed by atoms with van der Waals surface area (Å²) in [4.78, 5) is 17.3. The number of anilines is 1. The van der Waals surface area contributed by atoms with Crippen LogP contribution >= 0.6 is 15.9 Å². The number of halogens is 1. The number of fused-ring (bicyclic) bond motifs is 2. The summed E-state index contributed by atoms with van der Waals surface area (Å²) in [5.74, 6) is 0.720. The Morgan fingerprint density at radius 3 is 2.66 bits per heavy atom. The molecule has 2 saturated heterocycles. The third-order valence-electron chi connectivity index (χ3n) is 5.23. The van der Waals surface area contributed by atoms with Crippen molar-refractivity contribution in [3.05, 3.63) is 23.1 Å². The van der Waals surface area contributed by atoms with E-state index in [2.05, 4.69) is 45.8 Å². The number of sulfonamides is 1. The van der Waals surface area contributed by atoms with Crippen molar-refractivity contribution in [2.24, 2.45) is 12.0 Å². The maximum Gasteiger partial charge on any atom is 0.307 e. The highest BCUT2D eigenvalue weighted by molar-refractivity contribution is 9.10. The van der Waals surface area contributed by atoms with E-state index >= 15 is 0 Å². The van der Waals surface area contributed by atoms with Crippen LogP contribution in [0.5, 0.6) is 0 Å². The Hall–Kier alpha value is -2.25. The van der Waals surface area contributed by atoms with Crippen molar-refractivity contribution in [1.29, 1.82) is 0 Å². The minimum absolute atomic E-state index is 0.0443. The summed E-state index contributed by atoms with van der Waals surface area (Å²) >= 11 is 3.34. The highest BCUT2D eigenvalue weighted by Gasteiger charge is 2.48. The lowest BCUT2D eigenvalue weighted by molar-refractivity contribution is 0.207. The van der Waals surface area contributed by atoms with Crippen molar-refractivity contribution in [3.8, 4) is 0 Å². The van der Waals surface area contributed by atoms with Gasteiger partial charge in [-0.05, 0) is 22.0 Å². The average Bonchev–Trinajstić information content (AvgIpc) is 3.26. The quantitative estimate of drug-likeness (QED) is 0.609. The average molecular weight is 483 g/mol. The van der Waals surface area contributed by atoms with Crippen LogP contribution in [0.15, 0.2) is 33.1 Å². The van der Waals surface area contributed by atoms with Crippen molar-refractivity contribution in [2.75, 3.05) is 44.2 Å². The molecule has 0 saturated carbocycles. The summed E-state index contributed by atoms with van der Waals surface area (Å²) in [6, 6.07) is 1.57. The molecule has 0 bridgehead atoms. The van der Waals surface area contributed by atoms with Crippen LogP contribution in [0.2, 0.25) is 0 Å². The van der Waals surface area contributed by atoms with E-state index in [0.717, 1.165) is 32.1 Å². The van der Waals surface area contributed by atoms with Gasteiger partial charge in [0.15, 0.2) is 0 Å². The van der Waals surface area contributed by atoms with Gasteiger partial charge in [-0.1, -0.05) is 0 Å². The molecule has 0 aliphatic carbocycles. The zero-order chi connectivity index (χ0) is 20.2. The predicted octanol–water partition coefficient (Wildman–Crippen LogP) is 0.185. The van der Waals surface area contributed by atoms with Gasteiger partial charge in [0.2, 0.25) is 11.0 Å². The maximum absolute atomic E-state index is 13.2. The Labute approximate surface area is 176 Å². The zero-order valence-electron chi connectivity index (χ0n) is 15.6. The van der Waals surface area contributed by atoms with E-state index in [9.17, 15) is 8.42 Å². The molecule has 0 spiro atoms. The lowest BCUT2D eigenvalue weighted by atomic mass is 10.2. The van der Waals surface area contributed by atoms with E-state index in [1.807, 2.05) is 0 Å². The molecule has 29 heavy (non-hydrogen) atoms. The zero-order valence-corrected chi connectivity index (χ0v) is 18.0. The monoisotopic (exact) mass is 482 g/mol. The van der Waals surface area contributed by atoms with Gasteiger partial charge in [-0.15, -0.1) is 0 Å². The minimum atomic E-state index is -3.82. The van der Waals surface area contributed by atoms with E-state index in [1.165, 1.54) is 8.99 Å². The lowest BCUT2D eigenvalue weighted by Crippen LogP contribution is -2.52. The molecule has 2 aromatic heterocycles. The van der Waals surface area contributed by atoms with Crippen LogP contribution < -0.4 is 4.90 Å². The van der Waals surface area contributed by atoms with Crippen molar-refractivity contribution in [3.63, 3.8) is 0 Å². The molecular weight excluding hydrogens is 464 g/mol. The van der Waals surface area contributed by atoms with Crippen LogP contribution in [0.4, 0.5) is 11.6 Å². The van der Waals surface area contributed by atoms with Crippen LogP contribution in [-0.4, -0.2) is 88.8 Å². The first-order chi connectivity index (χ1) is 13.9. The fraction of sp³-hybridized carbons (Fsp3) is 0.500. The number of aliphatic imine (C=N–C) groups is 1. The smallest absolute Gasteiger partial charge is 0.307 e. The fourth-order valence-electron chi connectivity index (χ4n) is 3.77. The lowest BCUT2D eigenvalue weighted by Gasteiger charge is -2.36. The number of aromatic nitrogens is 4. The van der Waals surface area contributed by atoms with Gasteiger partial charge in [-0.2, -0.15) is 18.5 Å². The standard InChI is InChI=1S/C16H19BrN8O3S/c1-22-13(17)12-14(21-22)29(26,27)25-11(10-28-16(25)20-12)9-23-5-7-24(8-6-23)15-18-3-2-4-19-15/h2-4,11H,5-10H2,1H3. The van der Waals surface area contributed by atoms with E-state index in [-0.39, 0.29) is 29.4 Å². The van der Waals surface area contributed by atoms with Crippen LogP contribution in [0.25, 0.3) is 0 Å². The molecule has 0 aromatic carbocycles. The molecule has 1 atom stereocenters. The van der Waals surface area contributed by atoms with Crippen LogP contribution in [0.1, 0.15) is 0 Å². The topological polar surface area (TPSA) is 109 Å². The Balaban J connectivity index is 1.31. The molecule has 2 fully saturated rings. The molecule has 0 radical (unpaired) electrons. The predicted molar refractivity (Wildman–Crippen MR) is 107 cm³/mol. The molecule has 0 amide bonds. The van der Waals surface area contributed by atoms with Crippen molar-refractivity contribution < 1.29 is 13.2 Å². The van der Waals surface area contributed by atoms with E-state index in [4.69, 9.17) is 4.74 Å². The van der Waals surface area contributed by atoms with Gasteiger partial charge in [0.05, 0.1) is 6.04 Å². The molecule has 13 heteroatoms. The first-order valence-corrected chi connectivity index (χ1v) is 11.4. The number of nitrogens with zero attached hydrogens (tertiary/aromatic N) is 8. The van der Waals surface area contributed by atoms with Crippen molar-refractivity contribution >= 4 is 43.6 Å². The summed E-state index contributed by atoms with van der Waals surface area (Å²) in [7, 11) is -2.15. The Bertz CT molecular complexity index is 1070. The Morgan fingerprint density at radius 2 is 1.93 bits per heavy atom. The number of hydrogen-bond acceptors (Lipinski definition) is 9. The molecule has 2 aromatic rings. The molecular formula is C16H19BrN8O3S. The van der Waals surface area contributed by atoms with Crippen molar-refractivity contribution in [2.45, 2.75) is 11.1 Å². The second kappa shape index (κ2) is 6.92. The van der Waals surface area contributed by atoms with Gasteiger partial charge in [0, 0.05) is 52.2 Å². The Kier molecular flexibility index (Phi) is 4.47. The molecule has 5 heterocycles. The number of hydrogen-bond donors (Lipinski definition) is 0. The SMILES string of the molecule is Cn1nc2c(c1Br)N=C1OCC(CN3CCN(c4ncccn4)CC3)N1S2(=O)=O. The van der Waals surface area contributed by atoms with Gasteiger partial charge < -0.3 is 9.64 Å². The van der Waals surface area contributed by atoms with Gasteiger partial charge in [-0.3, -0.25) is 9.58 Å². The van der Waals surface area contributed by atoms with E-state index < -0.39 is 10.0 Å². The molecule has 3 aliphatic rings. The first-order valence-electron chi connectivity index (χ1n) is 9.18. The summed E-state index contributed by atoms with van der Waals surface area (Å²) in [6.45, 7) is 3.97. The van der Waals surface area contributed by atoms with Crippen molar-refractivity contribution in [1.82, 2.24) is 29.0 Å². The van der Waals surface area contributed by atoms with E-state index in [0.29, 0.717) is 11.1 Å². The molecule has 1 unspecified atom stereocenters. The highest BCUT2D eigenvalue weighted by Crippen LogP contribution is 2.40. The van der Waals surface area contributed by atoms with Crippen LogP contribution in [0, 0.1) is 0 Å². The van der Waals surface area contributed by atoms with Crippen LogP contribution in [0.3, 0.4) is 0 Å². The highest BCUT2D eigenvalue weighted by atomic mass is 79.9. The number of ether oxygens (including phenoxy) is 1. The van der Waals surface area contributed by atoms with Gasteiger partial charge >= 0.3 is 6.02 Å². The summed E-state index contributed by atoms with van der Waals surface area (Å²) in [5.41, 5.74) is 0.288. The fourth-order valence-corrected chi connectivity index (χ4v) is 5.88. The molecule has 154 valence electrons. The molecule has 5 rings (SSSR count). The summed E-state index contributed by atoms with van der Waals surface area (Å²) in [6.07, 6.45) is 3.47. The second-order valence-electron chi connectivity index (χ2n) is 7.06. The summed E-state index contributed by atoms with van der Waals surface area (Å²) < 4.78 is 35.2. The number of aryl methyl sites for hydroxylation is 1. The molecule has 3 aliphatic heterocycles. The normalized spacial score (nSPS) is 23.4. The molecule has 11 nitrogen and oxygen atoms in total. The number of amidine groups is 1. The van der Waals surface area contributed by atoms with Crippen LogP contribution in [-0.2, 0) is 21.8 Å².